The number of likely N-dealkylation sites (tertiary alicyclic amines) is 4. The van der Waals surface area contributed by atoms with E-state index in [1.165, 1.54) is 9.80 Å². The molecule has 350 valence electrons. The Morgan fingerprint density at radius 3 is 1.37 bits per heavy atom. The van der Waals surface area contributed by atoms with E-state index in [-0.39, 0.29) is 120 Å². The summed E-state index contributed by atoms with van der Waals surface area (Å²) in [5.41, 5.74) is 2.59. The monoisotopic (exact) mass is 911 g/mol. The van der Waals surface area contributed by atoms with Crippen molar-refractivity contribution in [1.29, 1.82) is 0 Å². The molecule has 8 amide bonds. The lowest BCUT2D eigenvalue weighted by Gasteiger charge is -2.31. The predicted molar refractivity (Wildman–Crippen MR) is 242 cm³/mol. The van der Waals surface area contributed by atoms with E-state index < -0.39 is 12.1 Å². The summed E-state index contributed by atoms with van der Waals surface area (Å²) in [5.74, 6) is -1.07. The van der Waals surface area contributed by atoms with Gasteiger partial charge in [0.25, 0.3) is 0 Å². The lowest BCUT2D eigenvalue weighted by atomic mass is 9.81. The summed E-state index contributed by atoms with van der Waals surface area (Å²) in [6.07, 6.45) is 10.4. The molecule has 11 rings (SSSR count). The highest BCUT2D eigenvalue weighted by atomic mass is 16.4. The third-order valence-corrected chi connectivity index (χ3v) is 16.9. The minimum Gasteiger partial charge on any atom is -0.436 e. The minimum atomic E-state index is -0.890. The Morgan fingerprint density at radius 1 is 0.582 bits per heavy atom. The molecule has 10 unspecified atom stereocenters. The van der Waals surface area contributed by atoms with Crippen molar-refractivity contribution in [3.05, 3.63) is 54.7 Å². The molecule has 4 aliphatic heterocycles. The number of oxazole rings is 1. The first-order valence-electron chi connectivity index (χ1n) is 24.5. The lowest BCUT2D eigenvalue weighted by molar-refractivity contribution is -0.152. The van der Waals surface area contributed by atoms with Crippen molar-refractivity contribution < 1.29 is 42.8 Å². The smallest absolute Gasteiger partial charge is 0.245 e. The van der Waals surface area contributed by atoms with Crippen molar-refractivity contribution in [2.24, 2.45) is 47.3 Å². The SMILES string of the molecule is CC(C(=O)N1CCC[C@H]1CC(=O)Nc1ccc(-c2cnc(-c3ccc(NC(=O)C[C@@H]4CCCN4C(=O)C(C)N4C(=O)C5C6CCC(C6)C5C4=O)cc3)o2)cc1)N1C(=O)C2C3CCC(C3)C2C1=O. The Balaban J connectivity index is 0.652. The Hall–Kier alpha value is -6.19. The molecule has 8 fully saturated rings. The van der Waals surface area contributed by atoms with Crippen LogP contribution in [-0.2, 0) is 38.4 Å². The summed E-state index contributed by atoms with van der Waals surface area (Å²) in [7, 11) is 0. The van der Waals surface area contributed by atoms with Crippen LogP contribution in [0.3, 0.4) is 0 Å². The van der Waals surface area contributed by atoms with Crippen molar-refractivity contribution in [2.45, 2.75) is 115 Å². The molecule has 67 heavy (non-hydrogen) atoms. The Kier molecular flexibility index (Phi) is 10.9. The number of carbonyl (C=O) groups excluding carboxylic acids is 8. The molecule has 0 radical (unpaired) electrons. The number of nitrogens with one attached hydrogen (secondary N) is 2. The lowest BCUT2D eigenvalue weighted by Crippen LogP contribution is -2.51. The second kappa shape index (κ2) is 16.8. The van der Waals surface area contributed by atoms with E-state index in [1.54, 1.807) is 66.2 Å². The molecule has 16 heteroatoms. The first-order valence-corrected chi connectivity index (χ1v) is 24.5. The number of hydrogen-bond donors (Lipinski definition) is 2. The molecule has 2 N–H and O–H groups in total. The maximum atomic E-state index is 13.8. The molecule has 1 aromatic heterocycles. The molecule has 0 spiro atoms. The predicted octanol–water partition coefficient (Wildman–Crippen LogP) is 5.49. The van der Waals surface area contributed by atoms with Gasteiger partial charge in [-0.1, -0.05) is 0 Å². The van der Waals surface area contributed by atoms with Gasteiger partial charge in [0.15, 0.2) is 5.76 Å². The van der Waals surface area contributed by atoms with Gasteiger partial charge in [-0.05, 0) is 150 Å². The third kappa shape index (κ3) is 7.36. The van der Waals surface area contributed by atoms with Crippen LogP contribution in [-0.4, -0.2) is 109 Å². The van der Waals surface area contributed by atoms with Crippen LogP contribution in [0.1, 0.15) is 90.9 Å². The van der Waals surface area contributed by atoms with E-state index in [2.05, 4.69) is 15.6 Å². The highest BCUT2D eigenvalue weighted by Crippen LogP contribution is 2.57. The van der Waals surface area contributed by atoms with Crippen molar-refractivity contribution in [2.75, 3.05) is 23.7 Å². The van der Waals surface area contributed by atoms with Gasteiger partial charge >= 0.3 is 0 Å². The first kappa shape index (κ1) is 43.4. The van der Waals surface area contributed by atoms with Crippen LogP contribution in [0.2, 0.25) is 0 Å². The topological polar surface area (TPSA) is 200 Å². The number of fused-ring (bicyclic) bond motifs is 10. The molecular weight excluding hydrogens is 855 g/mol. The fraction of sp³-hybridized carbons (Fsp3) is 0.549. The van der Waals surface area contributed by atoms with Crippen molar-refractivity contribution >= 4 is 58.6 Å². The molecule has 2 aromatic carbocycles. The van der Waals surface area contributed by atoms with Crippen molar-refractivity contribution in [1.82, 2.24) is 24.6 Å². The number of nitrogens with zero attached hydrogens (tertiary/aromatic N) is 5. The van der Waals surface area contributed by atoms with Gasteiger partial charge in [0.05, 0.1) is 29.9 Å². The van der Waals surface area contributed by atoms with Crippen LogP contribution in [0.15, 0.2) is 59.1 Å². The van der Waals surface area contributed by atoms with E-state index in [0.717, 1.165) is 56.9 Å². The van der Waals surface area contributed by atoms with Crippen molar-refractivity contribution in [3.8, 4) is 22.8 Å². The summed E-state index contributed by atoms with van der Waals surface area (Å²) in [5, 5.41) is 5.88. The molecular formula is C51H57N7O9. The zero-order valence-corrected chi connectivity index (χ0v) is 37.9. The van der Waals surface area contributed by atoms with Gasteiger partial charge in [0, 0.05) is 60.5 Å². The number of anilines is 2. The van der Waals surface area contributed by atoms with Gasteiger partial charge in [-0.25, -0.2) is 4.98 Å². The number of amides is 8. The summed E-state index contributed by atoms with van der Waals surface area (Å²) in [6, 6.07) is 11.8. The molecule has 16 nitrogen and oxygen atoms in total. The molecule has 4 bridgehead atoms. The fourth-order valence-electron chi connectivity index (χ4n) is 13.8. The standard InChI is InChI=1S/C51H57N7O9/c1-26(57-48(63)41-30-7-8-31(21-30)42(41)49(57)64)46(61)55-19-3-5-36(55)23-39(59)53-34-15-11-28(12-16-34)38-25-52-45(67-38)29-13-17-35(18-14-29)54-40(60)24-37-6-4-20-56(37)47(62)27(2)58-50(65)43-32-9-10-33(22-32)44(43)51(58)66/h11-18,25-27,30-33,36-37,41-44H,3-10,19-24H2,1-2H3,(H,53,59)(H,54,60)/t26?,27?,30?,31?,32?,33?,36-,37-,41?,42?,43?,44?/m0/s1. The van der Waals surface area contributed by atoms with Crippen LogP contribution in [0.5, 0.6) is 0 Å². The Morgan fingerprint density at radius 2 is 0.970 bits per heavy atom. The Labute approximate surface area is 388 Å². The zero-order chi connectivity index (χ0) is 46.4. The normalized spacial score (nSPS) is 31.3. The molecule has 3 aromatic rings. The zero-order valence-electron chi connectivity index (χ0n) is 37.9. The second-order valence-electron chi connectivity index (χ2n) is 20.6. The van der Waals surface area contributed by atoms with Gasteiger partial charge in [0.2, 0.25) is 53.1 Å². The van der Waals surface area contributed by atoms with Gasteiger partial charge in [-0.2, -0.15) is 0 Å². The van der Waals surface area contributed by atoms with Crippen LogP contribution < -0.4 is 10.6 Å². The van der Waals surface area contributed by atoms with E-state index in [4.69, 9.17) is 4.42 Å². The molecule has 4 saturated carbocycles. The largest absolute Gasteiger partial charge is 0.436 e. The number of imide groups is 2. The molecule has 4 saturated heterocycles. The van der Waals surface area contributed by atoms with Gasteiger partial charge in [-0.15, -0.1) is 0 Å². The Bertz CT molecular complexity index is 2330. The summed E-state index contributed by atoms with van der Waals surface area (Å²) >= 11 is 0. The quantitative estimate of drug-likeness (QED) is 0.219. The van der Waals surface area contributed by atoms with Crippen LogP contribution in [0.4, 0.5) is 11.4 Å². The fourth-order valence-corrected chi connectivity index (χ4v) is 13.8. The molecule has 8 aliphatic rings. The highest BCUT2D eigenvalue weighted by Gasteiger charge is 2.63. The van der Waals surface area contributed by atoms with Crippen molar-refractivity contribution in [3.63, 3.8) is 0 Å². The maximum absolute atomic E-state index is 13.8. The maximum Gasteiger partial charge on any atom is 0.245 e. The summed E-state index contributed by atoms with van der Waals surface area (Å²) in [4.78, 5) is 118. The number of benzene rings is 2. The number of carbonyl (C=O) groups is 8. The van der Waals surface area contributed by atoms with Crippen LogP contribution >= 0.6 is 0 Å². The number of rotatable bonds is 12. The van der Waals surface area contributed by atoms with Crippen LogP contribution in [0, 0.1) is 47.3 Å². The average molecular weight is 912 g/mol. The number of hydrogen-bond acceptors (Lipinski definition) is 10. The van der Waals surface area contributed by atoms with Gasteiger partial charge in [0.1, 0.15) is 12.1 Å². The average Bonchev–Trinajstić information content (AvgIpc) is 4.18. The number of aromatic nitrogens is 1. The van der Waals surface area contributed by atoms with E-state index >= 15 is 0 Å². The van der Waals surface area contributed by atoms with Gasteiger partial charge in [-0.3, -0.25) is 48.2 Å². The van der Waals surface area contributed by atoms with Crippen LogP contribution in [0.25, 0.3) is 22.8 Å². The third-order valence-electron chi connectivity index (χ3n) is 16.9. The molecule has 5 heterocycles. The minimum absolute atomic E-state index is 0.0940. The second-order valence-corrected chi connectivity index (χ2v) is 20.6. The molecule has 4 aliphatic carbocycles. The summed E-state index contributed by atoms with van der Waals surface area (Å²) < 4.78 is 6.10. The van der Waals surface area contributed by atoms with E-state index in [9.17, 15) is 38.4 Å². The summed E-state index contributed by atoms with van der Waals surface area (Å²) in [6.45, 7) is 4.24. The van der Waals surface area contributed by atoms with E-state index in [0.29, 0.717) is 54.5 Å². The first-order chi connectivity index (χ1) is 32.3. The van der Waals surface area contributed by atoms with E-state index in [1.807, 2.05) is 12.1 Å². The highest BCUT2D eigenvalue weighted by molar-refractivity contribution is 6.10. The van der Waals surface area contributed by atoms with Gasteiger partial charge < -0.3 is 24.9 Å². The molecule has 12 atom stereocenters.